The molecule has 0 radical (unpaired) electrons. The SMILES string of the molecule is CC(C)CN(C[C@@H](O)[C@H](Cc1ccccc1)NC(=O)OCc1cncs1)S(=O)(=O)c1ccc2nc(N(C)C(=O)c3ccncc3)sc2c1. The Morgan fingerprint density at radius 2 is 1.77 bits per heavy atom. The third kappa shape index (κ3) is 8.79. The lowest BCUT2D eigenvalue weighted by atomic mass is 10.0. The van der Waals surface area contributed by atoms with E-state index in [1.54, 1.807) is 37.0 Å². The van der Waals surface area contributed by atoms with Gasteiger partial charge in [0.05, 0.1) is 37.6 Å². The van der Waals surface area contributed by atoms with Crippen molar-refractivity contribution in [3.8, 4) is 0 Å². The molecular formula is C33H36N6O6S3. The first kappa shape index (κ1) is 35.0. The molecular weight excluding hydrogens is 673 g/mol. The third-order valence-electron chi connectivity index (χ3n) is 7.36. The Hall–Kier alpha value is -4.28. The third-order valence-corrected chi connectivity index (χ3v) is 11.0. The summed E-state index contributed by atoms with van der Waals surface area (Å²) in [6, 6.07) is 16.3. The van der Waals surface area contributed by atoms with Crippen LogP contribution in [-0.4, -0.2) is 77.1 Å². The zero-order valence-electron chi connectivity index (χ0n) is 26.6. The van der Waals surface area contributed by atoms with E-state index in [-0.39, 0.29) is 42.8 Å². The van der Waals surface area contributed by atoms with E-state index in [1.807, 2.05) is 44.2 Å². The largest absolute Gasteiger partial charge is 0.444 e. The van der Waals surface area contributed by atoms with Crippen LogP contribution in [0.3, 0.4) is 0 Å². The maximum Gasteiger partial charge on any atom is 0.407 e. The second-order valence-electron chi connectivity index (χ2n) is 11.5. The summed E-state index contributed by atoms with van der Waals surface area (Å²) in [4.78, 5) is 40.4. The van der Waals surface area contributed by atoms with Crippen LogP contribution in [0.25, 0.3) is 10.2 Å². The number of fused-ring (bicyclic) bond motifs is 1. The molecule has 2 amide bonds. The van der Waals surface area contributed by atoms with Crippen LogP contribution in [-0.2, 0) is 27.8 Å². The highest BCUT2D eigenvalue weighted by Crippen LogP contribution is 2.32. The fourth-order valence-corrected chi connectivity index (χ4v) is 8.12. The molecule has 2 aromatic carbocycles. The van der Waals surface area contributed by atoms with Crippen molar-refractivity contribution in [2.45, 2.75) is 43.9 Å². The summed E-state index contributed by atoms with van der Waals surface area (Å²) in [7, 11) is -2.50. The molecule has 5 rings (SSSR count). The number of benzene rings is 2. The average molecular weight is 709 g/mol. The fraction of sp³-hybridized carbons (Fsp3) is 0.303. The van der Waals surface area contributed by atoms with E-state index >= 15 is 0 Å². The molecule has 0 fully saturated rings. The van der Waals surface area contributed by atoms with Gasteiger partial charge in [-0.1, -0.05) is 55.5 Å². The maximum atomic E-state index is 14.1. The van der Waals surface area contributed by atoms with E-state index < -0.39 is 28.3 Å². The molecule has 3 aromatic heterocycles. The normalized spacial score (nSPS) is 13.0. The van der Waals surface area contributed by atoms with Crippen LogP contribution in [0.15, 0.2) is 89.7 Å². The number of carbonyl (C=O) groups excluding carboxylic acids is 2. The lowest BCUT2D eigenvalue weighted by molar-refractivity contribution is 0.0876. The Kier molecular flexibility index (Phi) is 11.5. The van der Waals surface area contributed by atoms with Crippen LogP contribution in [0.4, 0.5) is 9.93 Å². The summed E-state index contributed by atoms with van der Waals surface area (Å²) in [5.74, 6) is -0.337. The number of sulfonamides is 1. The Bertz CT molecular complexity index is 1920. The molecule has 0 aliphatic rings. The molecule has 0 saturated heterocycles. The van der Waals surface area contributed by atoms with Gasteiger partial charge in [0.25, 0.3) is 5.91 Å². The fourth-order valence-electron chi connectivity index (χ4n) is 4.93. The number of carbonyl (C=O) groups is 2. The average Bonchev–Trinajstić information content (AvgIpc) is 3.77. The first-order valence-electron chi connectivity index (χ1n) is 15.1. The van der Waals surface area contributed by atoms with Crippen molar-refractivity contribution in [1.82, 2.24) is 24.6 Å². The maximum absolute atomic E-state index is 14.1. The molecule has 48 heavy (non-hydrogen) atoms. The summed E-state index contributed by atoms with van der Waals surface area (Å²) < 4.78 is 35.4. The van der Waals surface area contributed by atoms with Gasteiger partial charge in [-0.25, -0.2) is 18.2 Å². The molecule has 0 unspecified atom stereocenters. The van der Waals surface area contributed by atoms with Gasteiger partial charge in [-0.15, -0.1) is 11.3 Å². The summed E-state index contributed by atoms with van der Waals surface area (Å²) in [6.07, 6.45) is 2.91. The molecule has 0 spiro atoms. The zero-order chi connectivity index (χ0) is 34.3. The Labute approximate surface area is 287 Å². The minimum Gasteiger partial charge on any atom is -0.444 e. The van der Waals surface area contributed by atoms with E-state index in [2.05, 4.69) is 20.3 Å². The number of thiazole rings is 2. The number of amides is 2. The predicted molar refractivity (Wildman–Crippen MR) is 186 cm³/mol. The molecule has 2 atom stereocenters. The van der Waals surface area contributed by atoms with Gasteiger partial charge in [0, 0.05) is 44.3 Å². The van der Waals surface area contributed by atoms with Crippen molar-refractivity contribution in [3.63, 3.8) is 0 Å². The molecule has 0 saturated carbocycles. The van der Waals surface area contributed by atoms with Gasteiger partial charge in [0.2, 0.25) is 10.0 Å². The second-order valence-corrected chi connectivity index (χ2v) is 15.4. The number of pyridine rings is 1. The Balaban J connectivity index is 1.36. The summed E-state index contributed by atoms with van der Waals surface area (Å²) in [5.41, 5.74) is 3.48. The van der Waals surface area contributed by atoms with Crippen LogP contribution in [0.5, 0.6) is 0 Å². The van der Waals surface area contributed by atoms with Crippen LogP contribution < -0.4 is 10.2 Å². The summed E-state index contributed by atoms with van der Waals surface area (Å²) >= 11 is 2.55. The molecule has 0 aliphatic carbocycles. The van der Waals surface area contributed by atoms with E-state index in [9.17, 15) is 23.1 Å². The van der Waals surface area contributed by atoms with Gasteiger partial charge in [0.15, 0.2) is 5.13 Å². The van der Waals surface area contributed by atoms with Crippen LogP contribution in [0.1, 0.15) is 34.6 Å². The van der Waals surface area contributed by atoms with E-state index in [4.69, 9.17) is 4.74 Å². The number of hydrogen-bond donors (Lipinski definition) is 2. The summed E-state index contributed by atoms with van der Waals surface area (Å²) in [6.45, 7) is 3.65. The molecule has 2 N–H and O–H groups in total. The van der Waals surface area contributed by atoms with Gasteiger partial charge >= 0.3 is 6.09 Å². The van der Waals surface area contributed by atoms with Crippen LogP contribution in [0, 0.1) is 5.92 Å². The van der Waals surface area contributed by atoms with Crippen LogP contribution >= 0.6 is 22.7 Å². The lowest BCUT2D eigenvalue weighted by Gasteiger charge is -2.30. The molecule has 252 valence electrons. The molecule has 3 heterocycles. The number of aromatic nitrogens is 3. The molecule has 15 heteroatoms. The number of aliphatic hydroxyl groups is 1. The predicted octanol–water partition coefficient (Wildman–Crippen LogP) is 4.97. The number of alkyl carbamates (subject to hydrolysis) is 1. The second kappa shape index (κ2) is 15.7. The molecule has 0 aliphatic heterocycles. The van der Waals surface area contributed by atoms with Crippen LogP contribution in [0.2, 0.25) is 0 Å². The van der Waals surface area contributed by atoms with Gasteiger partial charge in [-0.2, -0.15) is 4.31 Å². The first-order chi connectivity index (χ1) is 23.0. The van der Waals surface area contributed by atoms with Crippen molar-refractivity contribution in [2.75, 3.05) is 25.0 Å². The highest BCUT2D eigenvalue weighted by molar-refractivity contribution is 7.89. The number of ether oxygens (including phenoxy) is 1. The minimum atomic E-state index is -4.11. The minimum absolute atomic E-state index is 0.0218. The van der Waals surface area contributed by atoms with E-state index in [1.165, 1.54) is 56.4 Å². The van der Waals surface area contributed by atoms with Crippen molar-refractivity contribution < 1.29 is 27.9 Å². The van der Waals surface area contributed by atoms with Gasteiger partial charge in [-0.3, -0.25) is 19.7 Å². The van der Waals surface area contributed by atoms with E-state index in [0.29, 0.717) is 20.9 Å². The molecule has 0 bridgehead atoms. The standard InChI is InChI=1S/C33H36N6O6S3/c1-22(2)18-39(19-29(40)28(15-23-7-5-4-6-8-23)37-33(42)45-20-25-17-35-21-46-25)48(43,44)26-9-10-27-30(16-26)47-32(36-27)38(3)31(41)24-11-13-34-14-12-24/h4-14,16-17,21-22,28-29,40H,15,18-20H2,1-3H3,(H,37,42)/t28-,29+/m0/s1. The Morgan fingerprint density at radius 1 is 1.02 bits per heavy atom. The van der Waals surface area contributed by atoms with Crippen molar-refractivity contribution in [1.29, 1.82) is 0 Å². The highest BCUT2D eigenvalue weighted by Gasteiger charge is 2.32. The number of aliphatic hydroxyl groups excluding tert-OH is 1. The highest BCUT2D eigenvalue weighted by atomic mass is 32.2. The topological polar surface area (TPSA) is 155 Å². The number of nitrogens with one attached hydrogen (secondary N) is 1. The van der Waals surface area contributed by atoms with E-state index in [0.717, 1.165) is 10.4 Å². The monoisotopic (exact) mass is 708 g/mol. The van der Waals surface area contributed by atoms with Gasteiger partial charge in [-0.05, 0) is 48.2 Å². The smallest absolute Gasteiger partial charge is 0.407 e. The van der Waals surface area contributed by atoms with Crippen molar-refractivity contribution >= 4 is 60.0 Å². The number of rotatable bonds is 14. The Morgan fingerprint density at radius 3 is 2.46 bits per heavy atom. The van der Waals surface area contributed by atoms with Crippen molar-refractivity contribution in [2.24, 2.45) is 5.92 Å². The van der Waals surface area contributed by atoms with Crippen molar-refractivity contribution in [3.05, 3.63) is 101 Å². The zero-order valence-corrected chi connectivity index (χ0v) is 29.0. The van der Waals surface area contributed by atoms with Gasteiger partial charge < -0.3 is 15.2 Å². The first-order valence-corrected chi connectivity index (χ1v) is 18.3. The molecule has 12 nitrogen and oxygen atoms in total. The molecule has 5 aromatic rings. The number of hydrogen-bond acceptors (Lipinski definition) is 11. The summed E-state index contributed by atoms with van der Waals surface area (Å²) in [5, 5.41) is 14.7. The number of anilines is 1. The lowest BCUT2D eigenvalue weighted by Crippen LogP contribution is -2.51. The quantitative estimate of drug-likeness (QED) is 0.163. The van der Waals surface area contributed by atoms with Gasteiger partial charge in [0.1, 0.15) is 6.61 Å². The number of nitrogens with zero attached hydrogens (tertiary/aromatic N) is 5.